The number of nitrogens with one attached hydrogen (secondary N) is 1. The van der Waals surface area contributed by atoms with Gasteiger partial charge in [0.15, 0.2) is 0 Å². The van der Waals surface area contributed by atoms with Gasteiger partial charge < -0.3 is 10.2 Å². The highest BCUT2D eigenvalue weighted by Gasteiger charge is 2.19. The predicted octanol–water partition coefficient (Wildman–Crippen LogP) is 4.65. The molecule has 3 aromatic rings. The third-order valence-electron chi connectivity index (χ3n) is 4.56. The van der Waals surface area contributed by atoms with E-state index in [1.54, 1.807) is 5.38 Å². The predicted molar refractivity (Wildman–Crippen MR) is 120 cm³/mol. The molecule has 2 aromatic carbocycles. The summed E-state index contributed by atoms with van der Waals surface area (Å²) in [7, 11) is 0. The molecule has 156 valence electrons. The van der Waals surface area contributed by atoms with E-state index in [4.69, 9.17) is 0 Å². The van der Waals surface area contributed by atoms with Gasteiger partial charge in [0.25, 0.3) is 5.91 Å². The Morgan fingerprint density at radius 3 is 2.23 bits per heavy atom. The van der Waals surface area contributed by atoms with E-state index in [-0.39, 0.29) is 17.7 Å². The van der Waals surface area contributed by atoms with Crippen molar-refractivity contribution < 1.29 is 9.59 Å². The minimum absolute atomic E-state index is 0.0964. The fourth-order valence-electron chi connectivity index (χ4n) is 3.03. The number of aromatic nitrogens is 1. The summed E-state index contributed by atoms with van der Waals surface area (Å²) in [5.74, 6) is 0.176. The van der Waals surface area contributed by atoms with Gasteiger partial charge in [-0.1, -0.05) is 74.5 Å². The third-order valence-corrected chi connectivity index (χ3v) is 5.39. The van der Waals surface area contributed by atoms with Crippen molar-refractivity contribution in [3.05, 3.63) is 87.9 Å². The van der Waals surface area contributed by atoms with Crippen LogP contribution in [0.5, 0.6) is 0 Å². The number of hydrogen-bond donors (Lipinski definition) is 1. The minimum atomic E-state index is -0.204. The molecular formula is C24H27N3O2S. The summed E-state index contributed by atoms with van der Waals surface area (Å²) in [4.78, 5) is 31.5. The summed E-state index contributed by atoms with van der Waals surface area (Å²) in [5.41, 5.74) is 2.50. The van der Waals surface area contributed by atoms with Crippen molar-refractivity contribution in [1.82, 2.24) is 15.2 Å². The molecule has 6 heteroatoms. The fraction of sp³-hybridized carbons (Fsp3) is 0.292. The molecule has 3 rings (SSSR count). The molecule has 0 bridgehead atoms. The quantitative estimate of drug-likeness (QED) is 0.547. The monoisotopic (exact) mass is 421 g/mol. The number of thiazole rings is 1. The Kier molecular flexibility index (Phi) is 7.74. The number of carbonyl (C=O) groups excluding carboxylic acids is 2. The Labute approximate surface area is 181 Å². The maximum absolute atomic E-state index is 12.8. The average Bonchev–Trinajstić information content (AvgIpc) is 3.21. The first-order valence-electron chi connectivity index (χ1n) is 10.1. The Balaban J connectivity index is 1.65. The van der Waals surface area contributed by atoms with Gasteiger partial charge >= 0.3 is 0 Å². The van der Waals surface area contributed by atoms with Crippen LogP contribution in [0.2, 0.25) is 0 Å². The van der Waals surface area contributed by atoms with Crippen LogP contribution in [0.4, 0.5) is 0 Å². The zero-order chi connectivity index (χ0) is 21.3. The van der Waals surface area contributed by atoms with Crippen molar-refractivity contribution in [3.8, 4) is 0 Å². The molecule has 2 amide bonds. The van der Waals surface area contributed by atoms with E-state index in [2.05, 4.69) is 10.3 Å². The largest absolute Gasteiger partial charge is 0.347 e. The standard InChI is InChI=1S/C24H27N3O2S/c1-18(2)13-23(28)27(15-20-11-7-4-8-12-20)16-22-26-21(17-30-22)24(29)25-14-19-9-5-3-6-10-19/h3-12,17-18H,13-16H2,1-2H3,(H,25,29). The van der Waals surface area contributed by atoms with Crippen molar-refractivity contribution in [2.75, 3.05) is 0 Å². The van der Waals surface area contributed by atoms with Crippen molar-refractivity contribution >= 4 is 23.2 Å². The molecule has 0 atom stereocenters. The summed E-state index contributed by atoms with van der Waals surface area (Å²) >= 11 is 1.41. The number of rotatable bonds is 9. The van der Waals surface area contributed by atoms with Crippen LogP contribution in [0.3, 0.4) is 0 Å². The number of hydrogen-bond acceptors (Lipinski definition) is 4. The maximum Gasteiger partial charge on any atom is 0.271 e. The lowest BCUT2D eigenvalue weighted by Crippen LogP contribution is -2.31. The van der Waals surface area contributed by atoms with Crippen LogP contribution in [-0.2, 0) is 24.4 Å². The molecule has 0 unspecified atom stereocenters. The summed E-state index contributed by atoms with van der Waals surface area (Å²) in [5, 5.41) is 5.41. The first-order valence-corrected chi connectivity index (χ1v) is 11.0. The summed E-state index contributed by atoms with van der Waals surface area (Å²) < 4.78 is 0. The number of amides is 2. The molecule has 1 N–H and O–H groups in total. The van der Waals surface area contributed by atoms with Crippen molar-refractivity contribution in [3.63, 3.8) is 0 Å². The van der Waals surface area contributed by atoms with E-state index < -0.39 is 0 Å². The smallest absolute Gasteiger partial charge is 0.271 e. The van der Waals surface area contributed by atoms with Gasteiger partial charge in [-0.15, -0.1) is 11.3 Å². The van der Waals surface area contributed by atoms with Gasteiger partial charge in [0.1, 0.15) is 10.7 Å². The highest BCUT2D eigenvalue weighted by atomic mass is 32.1. The Morgan fingerprint density at radius 1 is 0.967 bits per heavy atom. The fourth-order valence-corrected chi connectivity index (χ4v) is 3.82. The van der Waals surface area contributed by atoms with Crippen molar-refractivity contribution in [2.24, 2.45) is 5.92 Å². The molecule has 0 saturated heterocycles. The van der Waals surface area contributed by atoms with Crippen LogP contribution in [0.15, 0.2) is 66.0 Å². The van der Waals surface area contributed by atoms with Crippen molar-refractivity contribution in [2.45, 2.75) is 39.9 Å². The molecule has 1 heterocycles. The summed E-state index contributed by atoms with van der Waals surface area (Å²) in [6.07, 6.45) is 0.489. The third kappa shape index (κ3) is 6.52. The lowest BCUT2D eigenvalue weighted by atomic mass is 10.1. The first kappa shape index (κ1) is 21.7. The molecule has 0 aliphatic rings. The highest BCUT2D eigenvalue weighted by Crippen LogP contribution is 2.17. The lowest BCUT2D eigenvalue weighted by Gasteiger charge is -2.23. The van der Waals surface area contributed by atoms with Gasteiger partial charge in [-0.3, -0.25) is 9.59 Å². The van der Waals surface area contributed by atoms with Gasteiger partial charge in [-0.2, -0.15) is 0 Å². The Morgan fingerprint density at radius 2 is 1.60 bits per heavy atom. The number of nitrogens with zero attached hydrogens (tertiary/aromatic N) is 2. The second-order valence-corrected chi connectivity index (χ2v) is 8.57. The molecule has 0 fully saturated rings. The van der Waals surface area contributed by atoms with Gasteiger partial charge in [0.05, 0.1) is 6.54 Å². The van der Waals surface area contributed by atoms with Gasteiger partial charge in [0, 0.05) is 24.9 Å². The minimum Gasteiger partial charge on any atom is -0.347 e. The normalized spacial score (nSPS) is 10.8. The number of benzene rings is 2. The van der Waals surface area contributed by atoms with Crippen molar-refractivity contribution in [1.29, 1.82) is 0 Å². The first-order chi connectivity index (χ1) is 14.5. The van der Waals surface area contributed by atoms with Crippen LogP contribution in [0, 0.1) is 5.92 Å². The molecule has 1 aromatic heterocycles. The van der Waals surface area contributed by atoms with Gasteiger partial charge in [-0.05, 0) is 17.0 Å². The van der Waals surface area contributed by atoms with Crippen LogP contribution < -0.4 is 5.32 Å². The van der Waals surface area contributed by atoms with E-state index >= 15 is 0 Å². The van der Waals surface area contributed by atoms with E-state index in [0.717, 1.165) is 16.1 Å². The zero-order valence-corrected chi connectivity index (χ0v) is 18.2. The maximum atomic E-state index is 12.8. The van der Waals surface area contributed by atoms with E-state index in [0.29, 0.717) is 31.7 Å². The van der Waals surface area contributed by atoms with E-state index in [1.165, 1.54) is 11.3 Å². The van der Waals surface area contributed by atoms with Crippen LogP contribution >= 0.6 is 11.3 Å². The highest BCUT2D eigenvalue weighted by molar-refractivity contribution is 7.09. The number of carbonyl (C=O) groups is 2. The Bertz CT molecular complexity index is 955. The lowest BCUT2D eigenvalue weighted by molar-refractivity contribution is -0.133. The molecule has 0 saturated carbocycles. The molecule has 0 aliphatic heterocycles. The second kappa shape index (κ2) is 10.7. The molecule has 30 heavy (non-hydrogen) atoms. The SMILES string of the molecule is CC(C)CC(=O)N(Cc1ccccc1)Cc1nc(C(=O)NCc2ccccc2)cs1. The van der Waals surface area contributed by atoms with Gasteiger partial charge in [0.2, 0.25) is 5.91 Å². The molecule has 0 radical (unpaired) electrons. The summed E-state index contributed by atoms with van der Waals surface area (Å²) in [6.45, 7) is 5.46. The molecule has 0 aliphatic carbocycles. The summed E-state index contributed by atoms with van der Waals surface area (Å²) in [6, 6.07) is 19.7. The topological polar surface area (TPSA) is 62.3 Å². The van der Waals surface area contributed by atoms with Gasteiger partial charge in [-0.25, -0.2) is 4.98 Å². The van der Waals surface area contributed by atoms with Crippen LogP contribution in [-0.4, -0.2) is 21.7 Å². The van der Waals surface area contributed by atoms with E-state index in [9.17, 15) is 9.59 Å². The van der Waals surface area contributed by atoms with Crippen LogP contribution in [0.25, 0.3) is 0 Å². The second-order valence-electron chi connectivity index (χ2n) is 7.63. The average molecular weight is 422 g/mol. The Hall–Kier alpha value is -2.99. The van der Waals surface area contributed by atoms with Crippen LogP contribution in [0.1, 0.15) is 46.9 Å². The molecule has 0 spiro atoms. The molecular weight excluding hydrogens is 394 g/mol. The zero-order valence-electron chi connectivity index (χ0n) is 17.4. The van der Waals surface area contributed by atoms with E-state index in [1.807, 2.05) is 79.4 Å². The molecule has 5 nitrogen and oxygen atoms in total.